The van der Waals surface area contributed by atoms with E-state index in [1.54, 1.807) is 27.8 Å². The van der Waals surface area contributed by atoms with E-state index in [1.165, 1.54) is 6.42 Å². The predicted molar refractivity (Wildman–Crippen MR) is 147 cm³/mol. The standard InChI is InChI=1S/C30H31N5O4/c1-20-9-5-6-12-23(20)29(30(37)31-21-10-3-2-4-11-21)35(22-15-16-26-27(17-22)39-19-38-26)28(36)18-34-25-14-8-7-13-24(25)32-33-34/h5-9,12-17,21,29H,2-4,10-11,18-19H2,1H3,(H,31,37)/t29-/m0/s1. The van der Waals surface area contributed by atoms with Crippen molar-refractivity contribution in [3.05, 3.63) is 77.9 Å². The minimum absolute atomic E-state index is 0.0886. The Bertz CT molecular complexity index is 1510. The minimum Gasteiger partial charge on any atom is -0.454 e. The first kappa shape index (κ1) is 24.9. The Hall–Kier alpha value is -4.40. The second kappa shape index (κ2) is 10.8. The summed E-state index contributed by atoms with van der Waals surface area (Å²) in [7, 11) is 0. The molecule has 1 aliphatic heterocycles. The first-order valence-corrected chi connectivity index (χ1v) is 13.4. The van der Waals surface area contributed by atoms with Gasteiger partial charge in [0.05, 0.1) is 5.52 Å². The van der Waals surface area contributed by atoms with Gasteiger partial charge in [0.15, 0.2) is 11.5 Å². The van der Waals surface area contributed by atoms with Gasteiger partial charge < -0.3 is 14.8 Å². The van der Waals surface area contributed by atoms with Crippen LogP contribution in [-0.2, 0) is 16.1 Å². The molecule has 9 heteroatoms. The largest absolute Gasteiger partial charge is 0.454 e. The third-order valence-corrected chi connectivity index (χ3v) is 7.55. The van der Waals surface area contributed by atoms with E-state index in [2.05, 4.69) is 15.6 Å². The molecule has 0 bridgehead atoms. The number of rotatable bonds is 7. The summed E-state index contributed by atoms with van der Waals surface area (Å²) in [5.74, 6) is 0.641. The number of aromatic nitrogens is 3. The molecule has 2 amide bonds. The van der Waals surface area contributed by atoms with Crippen LogP contribution in [0, 0.1) is 6.92 Å². The Morgan fingerprint density at radius 3 is 2.62 bits per heavy atom. The fraction of sp³-hybridized carbons (Fsp3) is 0.333. The molecule has 0 unspecified atom stereocenters. The molecule has 3 aromatic carbocycles. The van der Waals surface area contributed by atoms with Crippen LogP contribution in [0.5, 0.6) is 11.5 Å². The van der Waals surface area contributed by atoms with Gasteiger partial charge in [-0.1, -0.05) is 60.9 Å². The van der Waals surface area contributed by atoms with E-state index in [0.717, 1.165) is 42.3 Å². The molecule has 39 heavy (non-hydrogen) atoms. The molecule has 1 atom stereocenters. The van der Waals surface area contributed by atoms with Crippen molar-refractivity contribution in [3.8, 4) is 11.5 Å². The Morgan fingerprint density at radius 2 is 1.77 bits per heavy atom. The summed E-state index contributed by atoms with van der Waals surface area (Å²) in [4.78, 5) is 30.0. The number of para-hydroxylation sites is 1. The Morgan fingerprint density at radius 1 is 1.00 bits per heavy atom. The van der Waals surface area contributed by atoms with Gasteiger partial charge in [-0.25, -0.2) is 4.68 Å². The molecular formula is C30H31N5O4. The molecule has 2 aliphatic rings. The molecule has 6 rings (SSSR count). The molecule has 4 aromatic rings. The van der Waals surface area contributed by atoms with Crippen LogP contribution in [0.15, 0.2) is 66.7 Å². The topological polar surface area (TPSA) is 98.6 Å². The van der Waals surface area contributed by atoms with Gasteiger partial charge in [-0.15, -0.1) is 5.10 Å². The highest BCUT2D eigenvalue weighted by molar-refractivity contribution is 6.02. The molecule has 0 saturated heterocycles. The number of benzene rings is 3. The molecule has 200 valence electrons. The number of ether oxygens (including phenoxy) is 2. The lowest BCUT2D eigenvalue weighted by atomic mass is 9.93. The van der Waals surface area contributed by atoms with Crippen molar-refractivity contribution in [2.45, 2.75) is 57.7 Å². The van der Waals surface area contributed by atoms with Gasteiger partial charge >= 0.3 is 0 Å². The predicted octanol–water partition coefficient (Wildman–Crippen LogP) is 4.69. The zero-order valence-corrected chi connectivity index (χ0v) is 21.9. The van der Waals surface area contributed by atoms with Gasteiger partial charge in [0.25, 0.3) is 0 Å². The molecule has 0 radical (unpaired) electrons. The highest BCUT2D eigenvalue weighted by atomic mass is 16.7. The number of hydrogen-bond acceptors (Lipinski definition) is 6. The van der Waals surface area contributed by atoms with E-state index in [-0.39, 0.29) is 31.2 Å². The zero-order chi connectivity index (χ0) is 26.8. The number of fused-ring (bicyclic) bond motifs is 2. The Balaban J connectivity index is 1.43. The Kier molecular flexibility index (Phi) is 6.87. The summed E-state index contributed by atoms with van der Waals surface area (Å²) in [5.41, 5.74) is 3.67. The average Bonchev–Trinajstić information content (AvgIpc) is 3.59. The van der Waals surface area contributed by atoms with Gasteiger partial charge in [-0.2, -0.15) is 0 Å². The zero-order valence-electron chi connectivity index (χ0n) is 21.9. The molecule has 1 N–H and O–H groups in total. The van der Waals surface area contributed by atoms with E-state index in [0.29, 0.717) is 22.7 Å². The summed E-state index contributed by atoms with van der Waals surface area (Å²) < 4.78 is 12.7. The number of carbonyl (C=O) groups excluding carboxylic acids is 2. The van der Waals surface area contributed by atoms with Gasteiger partial charge in [-0.3, -0.25) is 14.5 Å². The van der Waals surface area contributed by atoms with Crippen molar-refractivity contribution in [1.82, 2.24) is 20.3 Å². The SMILES string of the molecule is Cc1ccccc1[C@@H](C(=O)NC1CCCCC1)N(C(=O)Cn1nnc2ccccc21)c1ccc2c(c1)OCO2. The highest BCUT2D eigenvalue weighted by Gasteiger charge is 2.36. The molecule has 9 nitrogen and oxygen atoms in total. The van der Waals surface area contributed by atoms with Crippen molar-refractivity contribution in [2.24, 2.45) is 0 Å². The molecule has 1 aromatic heterocycles. The molecule has 0 spiro atoms. The average molecular weight is 526 g/mol. The summed E-state index contributed by atoms with van der Waals surface area (Å²) in [6.07, 6.45) is 5.24. The van der Waals surface area contributed by atoms with E-state index in [1.807, 2.05) is 55.5 Å². The van der Waals surface area contributed by atoms with Crippen LogP contribution in [0.2, 0.25) is 0 Å². The van der Waals surface area contributed by atoms with Crippen LogP contribution in [0.25, 0.3) is 11.0 Å². The first-order valence-electron chi connectivity index (χ1n) is 13.4. The first-order chi connectivity index (χ1) is 19.1. The van der Waals surface area contributed by atoms with Crippen LogP contribution < -0.4 is 19.7 Å². The minimum atomic E-state index is -0.893. The number of anilines is 1. The van der Waals surface area contributed by atoms with Crippen molar-refractivity contribution >= 4 is 28.5 Å². The quantitative estimate of drug-likeness (QED) is 0.376. The molecular weight excluding hydrogens is 494 g/mol. The maximum atomic E-state index is 14.3. The van der Waals surface area contributed by atoms with Crippen LogP contribution >= 0.6 is 0 Å². The van der Waals surface area contributed by atoms with Crippen LogP contribution in [0.3, 0.4) is 0 Å². The van der Waals surface area contributed by atoms with Crippen molar-refractivity contribution in [3.63, 3.8) is 0 Å². The van der Waals surface area contributed by atoms with Crippen LogP contribution in [0.1, 0.15) is 49.3 Å². The fourth-order valence-corrected chi connectivity index (χ4v) is 5.53. The summed E-state index contributed by atoms with van der Waals surface area (Å²) in [5, 5.41) is 11.7. The van der Waals surface area contributed by atoms with E-state index >= 15 is 0 Å². The molecule has 2 heterocycles. The van der Waals surface area contributed by atoms with Crippen molar-refractivity contribution in [1.29, 1.82) is 0 Å². The second-order valence-corrected chi connectivity index (χ2v) is 10.1. The molecule has 1 aliphatic carbocycles. The normalized spacial score (nSPS) is 15.7. The van der Waals surface area contributed by atoms with E-state index in [4.69, 9.17) is 9.47 Å². The van der Waals surface area contributed by atoms with Crippen LogP contribution in [0.4, 0.5) is 5.69 Å². The summed E-state index contributed by atoms with van der Waals surface area (Å²) in [6.45, 7) is 1.98. The van der Waals surface area contributed by atoms with Crippen molar-refractivity contribution < 1.29 is 19.1 Å². The maximum Gasteiger partial charge on any atom is 0.249 e. The summed E-state index contributed by atoms with van der Waals surface area (Å²) >= 11 is 0. The smallest absolute Gasteiger partial charge is 0.249 e. The number of hydrogen-bond donors (Lipinski definition) is 1. The lowest BCUT2D eigenvalue weighted by molar-refractivity contribution is -0.127. The fourth-order valence-electron chi connectivity index (χ4n) is 5.53. The van der Waals surface area contributed by atoms with Gasteiger partial charge in [0, 0.05) is 17.8 Å². The Labute approximate surface area is 226 Å². The third-order valence-electron chi connectivity index (χ3n) is 7.55. The number of aryl methyl sites for hydroxylation is 1. The molecule has 1 saturated carbocycles. The number of carbonyl (C=O) groups is 2. The summed E-state index contributed by atoms with van der Waals surface area (Å²) in [6, 6.07) is 19.7. The van der Waals surface area contributed by atoms with Gasteiger partial charge in [0.2, 0.25) is 18.6 Å². The van der Waals surface area contributed by atoms with Crippen molar-refractivity contribution in [2.75, 3.05) is 11.7 Å². The van der Waals surface area contributed by atoms with Gasteiger partial charge in [0.1, 0.15) is 18.1 Å². The second-order valence-electron chi connectivity index (χ2n) is 10.1. The maximum absolute atomic E-state index is 14.3. The van der Waals surface area contributed by atoms with Crippen LogP contribution in [-0.4, -0.2) is 39.6 Å². The number of nitrogens with zero attached hydrogens (tertiary/aromatic N) is 4. The molecule has 1 fully saturated rings. The number of nitrogens with one attached hydrogen (secondary N) is 1. The lowest BCUT2D eigenvalue weighted by Crippen LogP contribution is -2.48. The van der Waals surface area contributed by atoms with E-state index < -0.39 is 6.04 Å². The van der Waals surface area contributed by atoms with Gasteiger partial charge in [-0.05, 0) is 55.2 Å². The monoisotopic (exact) mass is 525 g/mol. The third kappa shape index (κ3) is 5.04. The lowest BCUT2D eigenvalue weighted by Gasteiger charge is -2.34. The highest BCUT2D eigenvalue weighted by Crippen LogP contribution is 2.39. The number of amides is 2. The van der Waals surface area contributed by atoms with E-state index in [9.17, 15) is 9.59 Å².